The zero-order valence-electron chi connectivity index (χ0n) is 11.0. The number of amides is 1. The fourth-order valence-electron chi connectivity index (χ4n) is 2.42. The lowest BCUT2D eigenvalue weighted by Crippen LogP contribution is -2.48. The number of aliphatic carboxylic acids is 2. The highest BCUT2D eigenvalue weighted by Gasteiger charge is 2.40. The third kappa shape index (κ3) is 2.93. The van der Waals surface area contributed by atoms with Crippen LogP contribution >= 0.6 is 0 Å². The molecule has 1 saturated heterocycles. The number of rotatable bonds is 3. The van der Waals surface area contributed by atoms with E-state index in [-0.39, 0.29) is 30.8 Å². The molecule has 0 aliphatic carbocycles. The SMILES string of the molecule is O=C(O)C1CCN(C(=O)c2ccncc2O)CC1C(=O)O. The van der Waals surface area contributed by atoms with Crippen LogP contribution < -0.4 is 0 Å². The van der Waals surface area contributed by atoms with Crippen LogP contribution in [0.15, 0.2) is 18.5 Å². The van der Waals surface area contributed by atoms with Gasteiger partial charge in [0, 0.05) is 19.3 Å². The molecule has 0 aromatic carbocycles. The molecule has 2 atom stereocenters. The van der Waals surface area contributed by atoms with Gasteiger partial charge in [0.05, 0.1) is 23.6 Å². The molecule has 2 heterocycles. The molecule has 8 nitrogen and oxygen atoms in total. The van der Waals surface area contributed by atoms with Crippen LogP contribution in [-0.4, -0.2) is 56.1 Å². The van der Waals surface area contributed by atoms with Gasteiger partial charge in [-0.1, -0.05) is 0 Å². The molecular weight excluding hydrogens is 280 g/mol. The van der Waals surface area contributed by atoms with E-state index in [1.54, 1.807) is 0 Å². The highest BCUT2D eigenvalue weighted by Crippen LogP contribution is 2.27. The maximum atomic E-state index is 12.3. The van der Waals surface area contributed by atoms with Crippen LogP contribution in [-0.2, 0) is 9.59 Å². The Labute approximate surface area is 119 Å². The fourth-order valence-corrected chi connectivity index (χ4v) is 2.42. The van der Waals surface area contributed by atoms with E-state index in [0.717, 1.165) is 6.20 Å². The standard InChI is InChI=1S/C13H14N2O6/c16-10-5-14-3-1-8(10)11(17)15-4-2-7(12(18)19)9(6-15)13(20)21/h1,3,5,7,9,16H,2,4,6H2,(H,18,19)(H,20,21). The van der Waals surface area contributed by atoms with Gasteiger partial charge in [-0.15, -0.1) is 0 Å². The number of likely N-dealkylation sites (tertiary alicyclic amines) is 1. The van der Waals surface area contributed by atoms with Crippen molar-refractivity contribution in [2.45, 2.75) is 6.42 Å². The molecule has 1 aromatic heterocycles. The number of aromatic hydroxyl groups is 1. The van der Waals surface area contributed by atoms with Gasteiger partial charge in [0.25, 0.3) is 5.91 Å². The molecule has 3 N–H and O–H groups in total. The van der Waals surface area contributed by atoms with Gasteiger partial charge in [0.2, 0.25) is 0 Å². The van der Waals surface area contributed by atoms with Crippen molar-refractivity contribution in [3.63, 3.8) is 0 Å². The van der Waals surface area contributed by atoms with Gasteiger partial charge < -0.3 is 20.2 Å². The largest absolute Gasteiger partial charge is 0.505 e. The zero-order chi connectivity index (χ0) is 15.6. The van der Waals surface area contributed by atoms with Crippen LogP contribution in [0, 0.1) is 11.8 Å². The Bertz CT molecular complexity index is 588. The van der Waals surface area contributed by atoms with Crippen molar-refractivity contribution in [3.8, 4) is 5.75 Å². The number of nitrogens with zero attached hydrogens (tertiary/aromatic N) is 2. The Hall–Kier alpha value is -2.64. The Kier molecular flexibility index (Phi) is 4.06. The van der Waals surface area contributed by atoms with E-state index in [4.69, 9.17) is 10.2 Å². The van der Waals surface area contributed by atoms with Crippen molar-refractivity contribution in [3.05, 3.63) is 24.0 Å². The monoisotopic (exact) mass is 294 g/mol. The first-order valence-electron chi connectivity index (χ1n) is 6.29. The van der Waals surface area contributed by atoms with E-state index < -0.39 is 29.7 Å². The van der Waals surface area contributed by atoms with Crippen molar-refractivity contribution < 1.29 is 29.7 Å². The number of carbonyl (C=O) groups excluding carboxylic acids is 1. The van der Waals surface area contributed by atoms with Crippen LogP contribution in [0.4, 0.5) is 0 Å². The fraction of sp³-hybridized carbons (Fsp3) is 0.385. The van der Waals surface area contributed by atoms with Crippen LogP contribution in [0.25, 0.3) is 0 Å². The van der Waals surface area contributed by atoms with Crippen molar-refractivity contribution >= 4 is 17.8 Å². The summed E-state index contributed by atoms with van der Waals surface area (Å²) in [5, 5.41) is 27.8. The number of carboxylic acids is 2. The normalized spacial score (nSPS) is 21.8. The second-order valence-electron chi connectivity index (χ2n) is 4.82. The number of pyridine rings is 1. The number of piperidine rings is 1. The lowest BCUT2D eigenvalue weighted by atomic mass is 9.85. The minimum atomic E-state index is -1.25. The van der Waals surface area contributed by atoms with Crippen molar-refractivity contribution in [2.24, 2.45) is 11.8 Å². The van der Waals surface area contributed by atoms with E-state index in [0.29, 0.717) is 0 Å². The first-order chi connectivity index (χ1) is 9.91. The molecule has 1 aliphatic heterocycles. The number of aromatic nitrogens is 1. The topological polar surface area (TPSA) is 128 Å². The summed E-state index contributed by atoms with van der Waals surface area (Å²) < 4.78 is 0. The summed E-state index contributed by atoms with van der Waals surface area (Å²) in [6.45, 7) is -0.0752. The summed E-state index contributed by atoms with van der Waals surface area (Å²) in [5.41, 5.74) is 0.0166. The summed E-state index contributed by atoms with van der Waals surface area (Å²) >= 11 is 0. The quantitative estimate of drug-likeness (QED) is 0.717. The predicted molar refractivity (Wildman–Crippen MR) is 68.7 cm³/mol. The molecule has 1 aliphatic rings. The van der Waals surface area contributed by atoms with Gasteiger partial charge in [-0.3, -0.25) is 19.4 Å². The summed E-state index contributed by atoms with van der Waals surface area (Å²) in [6.07, 6.45) is 2.52. The van der Waals surface area contributed by atoms with Gasteiger partial charge in [-0.25, -0.2) is 0 Å². The molecule has 0 radical (unpaired) electrons. The number of hydrogen-bond acceptors (Lipinski definition) is 5. The Morgan fingerprint density at radius 3 is 2.43 bits per heavy atom. The molecule has 112 valence electrons. The Morgan fingerprint density at radius 1 is 1.19 bits per heavy atom. The van der Waals surface area contributed by atoms with Crippen molar-refractivity contribution in [1.82, 2.24) is 9.88 Å². The van der Waals surface area contributed by atoms with Gasteiger partial charge in [-0.2, -0.15) is 0 Å². The van der Waals surface area contributed by atoms with E-state index in [2.05, 4.69) is 4.98 Å². The third-order valence-corrected chi connectivity index (χ3v) is 3.56. The molecule has 2 rings (SSSR count). The summed E-state index contributed by atoms with van der Waals surface area (Å²) in [6, 6.07) is 1.33. The van der Waals surface area contributed by atoms with E-state index in [1.165, 1.54) is 17.2 Å². The smallest absolute Gasteiger partial charge is 0.309 e. The summed E-state index contributed by atoms with van der Waals surface area (Å²) in [5.74, 6) is -5.44. The molecule has 21 heavy (non-hydrogen) atoms. The van der Waals surface area contributed by atoms with Crippen molar-refractivity contribution in [1.29, 1.82) is 0 Å². The molecule has 8 heteroatoms. The minimum Gasteiger partial charge on any atom is -0.505 e. The summed E-state index contributed by atoms with van der Waals surface area (Å²) in [7, 11) is 0. The predicted octanol–water partition coefficient (Wildman–Crippen LogP) is 0.0347. The highest BCUT2D eigenvalue weighted by molar-refractivity contribution is 5.97. The minimum absolute atomic E-state index is 0.0166. The van der Waals surface area contributed by atoms with Crippen LogP contribution in [0.3, 0.4) is 0 Å². The second-order valence-corrected chi connectivity index (χ2v) is 4.82. The lowest BCUT2D eigenvalue weighted by Gasteiger charge is -2.34. The number of carbonyl (C=O) groups is 3. The van der Waals surface area contributed by atoms with Crippen LogP contribution in [0.5, 0.6) is 5.75 Å². The number of carboxylic acid groups (broad SMARTS) is 2. The third-order valence-electron chi connectivity index (χ3n) is 3.56. The molecule has 2 unspecified atom stereocenters. The first-order valence-corrected chi connectivity index (χ1v) is 6.29. The molecule has 0 saturated carbocycles. The highest BCUT2D eigenvalue weighted by atomic mass is 16.4. The van der Waals surface area contributed by atoms with Crippen LogP contribution in [0.1, 0.15) is 16.8 Å². The Morgan fingerprint density at radius 2 is 1.86 bits per heavy atom. The molecular formula is C13H14N2O6. The first kappa shape index (κ1) is 14.8. The lowest BCUT2D eigenvalue weighted by molar-refractivity contribution is -0.156. The van der Waals surface area contributed by atoms with Gasteiger partial charge in [0.1, 0.15) is 5.75 Å². The molecule has 1 fully saturated rings. The molecule has 1 amide bonds. The van der Waals surface area contributed by atoms with Crippen LogP contribution in [0.2, 0.25) is 0 Å². The Balaban J connectivity index is 2.20. The maximum Gasteiger partial charge on any atom is 0.309 e. The van der Waals surface area contributed by atoms with Gasteiger partial charge in [0.15, 0.2) is 0 Å². The zero-order valence-corrected chi connectivity index (χ0v) is 11.0. The van der Waals surface area contributed by atoms with E-state index >= 15 is 0 Å². The molecule has 1 aromatic rings. The molecule has 0 bridgehead atoms. The average molecular weight is 294 g/mol. The van der Waals surface area contributed by atoms with Gasteiger partial charge >= 0.3 is 11.9 Å². The number of hydrogen-bond donors (Lipinski definition) is 3. The van der Waals surface area contributed by atoms with Crippen molar-refractivity contribution in [2.75, 3.05) is 13.1 Å². The summed E-state index contributed by atoms with van der Waals surface area (Å²) in [4.78, 5) is 39.4. The van der Waals surface area contributed by atoms with Gasteiger partial charge in [-0.05, 0) is 12.5 Å². The van der Waals surface area contributed by atoms with E-state index in [1.807, 2.05) is 0 Å². The second kappa shape index (κ2) is 5.78. The molecule has 0 spiro atoms. The maximum absolute atomic E-state index is 12.3. The average Bonchev–Trinajstić information content (AvgIpc) is 2.46. The van der Waals surface area contributed by atoms with E-state index in [9.17, 15) is 19.5 Å².